The molecule has 1 aromatic carbocycles. The molecule has 0 radical (unpaired) electrons. The van der Waals surface area contributed by atoms with Gasteiger partial charge in [-0.05, 0) is 43.4 Å². The van der Waals surface area contributed by atoms with Crippen molar-refractivity contribution in [3.8, 4) is 0 Å². The molecule has 1 aliphatic heterocycles. The standard InChI is InChI=1S/C16H23NO2S/c18-20(19)11-10-15(14-8-4-5-9-16(14)20)17-12-13-6-2-1-3-7-13/h4-5,8-9,13,15,17H,1-3,6-7,10-12H2. The van der Waals surface area contributed by atoms with Gasteiger partial charge in [-0.1, -0.05) is 37.5 Å². The highest BCUT2D eigenvalue weighted by Gasteiger charge is 2.30. The number of rotatable bonds is 3. The Bertz CT molecular complexity index is 562. The first-order valence-electron chi connectivity index (χ1n) is 7.72. The Morgan fingerprint density at radius 2 is 1.80 bits per heavy atom. The average Bonchev–Trinajstić information content (AvgIpc) is 2.48. The third kappa shape index (κ3) is 2.91. The van der Waals surface area contributed by atoms with Crippen molar-refractivity contribution in [2.24, 2.45) is 5.92 Å². The van der Waals surface area contributed by atoms with Crippen LogP contribution in [0, 0.1) is 5.92 Å². The molecule has 2 aliphatic rings. The maximum atomic E-state index is 12.1. The average molecular weight is 293 g/mol. The molecular weight excluding hydrogens is 270 g/mol. The van der Waals surface area contributed by atoms with E-state index >= 15 is 0 Å². The van der Waals surface area contributed by atoms with E-state index in [1.165, 1.54) is 32.1 Å². The number of hydrogen-bond donors (Lipinski definition) is 1. The van der Waals surface area contributed by atoms with Gasteiger partial charge in [-0.25, -0.2) is 8.42 Å². The van der Waals surface area contributed by atoms with Crippen LogP contribution in [0.3, 0.4) is 0 Å². The molecule has 1 saturated carbocycles. The number of hydrogen-bond acceptors (Lipinski definition) is 3. The topological polar surface area (TPSA) is 46.2 Å². The van der Waals surface area contributed by atoms with Gasteiger partial charge in [0.2, 0.25) is 0 Å². The third-order valence-corrected chi connectivity index (χ3v) is 6.50. The lowest BCUT2D eigenvalue weighted by molar-refractivity contribution is 0.324. The molecule has 110 valence electrons. The summed E-state index contributed by atoms with van der Waals surface area (Å²) in [5.41, 5.74) is 0.967. The number of nitrogens with one attached hydrogen (secondary N) is 1. The zero-order valence-corrected chi connectivity index (χ0v) is 12.7. The van der Waals surface area contributed by atoms with E-state index in [-0.39, 0.29) is 11.8 Å². The maximum Gasteiger partial charge on any atom is 0.178 e. The minimum atomic E-state index is -3.06. The van der Waals surface area contributed by atoms with Crippen LogP contribution in [0.25, 0.3) is 0 Å². The molecule has 1 aliphatic carbocycles. The van der Waals surface area contributed by atoms with Gasteiger partial charge >= 0.3 is 0 Å². The normalized spacial score (nSPS) is 26.1. The van der Waals surface area contributed by atoms with E-state index in [1.54, 1.807) is 6.07 Å². The fourth-order valence-corrected chi connectivity index (χ4v) is 5.12. The number of sulfone groups is 1. The molecule has 0 saturated heterocycles. The Labute approximate surface area is 121 Å². The Morgan fingerprint density at radius 1 is 1.05 bits per heavy atom. The molecule has 0 bridgehead atoms. The molecule has 0 spiro atoms. The van der Waals surface area contributed by atoms with Crippen LogP contribution in [-0.2, 0) is 9.84 Å². The fraction of sp³-hybridized carbons (Fsp3) is 0.625. The van der Waals surface area contributed by atoms with Crippen LogP contribution >= 0.6 is 0 Å². The first kappa shape index (κ1) is 14.1. The van der Waals surface area contributed by atoms with Gasteiger partial charge < -0.3 is 5.32 Å². The van der Waals surface area contributed by atoms with Crippen molar-refractivity contribution >= 4 is 9.84 Å². The molecule has 1 heterocycles. The first-order valence-corrected chi connectivity index (χ1v) is 9.37. The van der Waals surface area contributed by atoms with Crippen LogP contribution in [0.1, 0.15) is 50.1 Å². The minimum Gasteiger partial charge on any atom is -0.310 e. The molecule has 1 unspecified atom stereocenters. The summed E-state index contributed by atoms with van der Waals surface area (Å²) >= 11 is 0. The maximum absolute atomic E-state index is 12.1. The Balaban J connectivity index is 1.71. The summed E-state index contributed by atoms with van der Waals surface area (Å²) in [7, 11) is -3.06. The van der Waals surface area contributed by atoms with Crippen molar-refractivity contribution < 1.29 is 8.42 Å². The largest absolute Gasteiger partial charge is 0.310 e. The SMILES string of the molecule is O=S1(=O)CCC(NCC2CCCCC2)c2ccccc21. The van der Waals surface area contributed by atoms with Gasteiger partial charge in [-0.2, -0.15) is 0 Å². The van der Waals surface area contributed by atoms with E-state index in [0.717, 1.165) is 18.0 Å². The summed E-state index contributed by atoms with van der Waals surface area (Å²) in [6.07, 6.45) is 7.41. The van der Waals surface area contributed by atoms with Crippen LogP contribution in [0.5, 0.6) is 0 Å². The molecule has 4 heteroatoms. The molecule has 1 fully saturated rings. The van der Waals surface area contributed by atoms with Crippen molar-refractivity contribution in [3.63, 3.8) is 0 Å². The summed E-state index contributed by atoms with van der Waals surface area (Å²) in [6.45, 7) is 1.03. The smallest absolute Gasteiger partial charge is 0.178 e. The van der Waals surface area contributed by atoms with Gasteiger partial charge in [-0.3, -0.25) is 0 Å². The summed E-state index contributed by atoms with van der Waals surface area (Å²) in [4.78, 5) is 0.535. The molecule has 1 atom stereocenters. The van der Waals surface area contributed by atoms with Crippen molar-refractivity contribution in [2.45, 2.75) is 49.5 Å². The van der Waals surface area contributed by atoms with Gasteiger partial charge in [0, 0.05) is 6.04 Å². The molecule has 3 nitrogen and oxygen atoms in total. The highest BCUT2D eigenvalue weighted by atomic mass is 32.2. The second kappa shape index (κ2) is 5.86. The van der Waals surface area contributed by atoms with Crippen LogP contribution in [0.2, 0.25) is 0 Å². The predicted octanol–water partition coefficient (Wildman–Crippen LogP) is 3.08. The summed E-state index contributed by atoms with van der Waals surface area (Å²) in [6, 6.07) is 7.68. The molecule has 1 N–H and O–H groups in total. The highest BCUT2D eigenvalue weighted by molar-refractivity contribution is 7.91. The van der Waals surface area contributed by atoms with Crippen LogP contribution in [0.15, 0.2) is 29.2 Å². The molecule has 1 aromatic rings. The van der Waals surface area contributed by atoms with Gasteiger partial charge in [0.05, 0.1) is 10.6 Å². The van der Waals surface area contributed by atoms with Crippen LogP contribution in [-0.4, -0.2) is 20.7 Å². The second-order valence-electron chi connectivity index (χ2n) is 6.11. The Hall–Kier alpha value is -0.870. The molecule has 3 rings (SSSR count). The lowest BCUT2D eigenvalue weighted by Gasteiger charge is -2.29. The summed E-state index contributed by atoms with van der Waals surface area (Å²) < 4.78 is 24.2. The molecule has 0 aromatic heterocycles. The summed E-state index contributed by atoms with van der Waals surface area (Å²) in [5, 5.41) is 3.62. The van der Waals surface area contributed by atoms with Gasteiger partial charge in [0.25, 0.3) is 0 Å². The number of fused-ring (bicyclic) bond motifs is 1. The quantitative estimate of drug-likeness (QED) is 0.931. The molecule has 20 heavy (non-hydrogen) atoms. The first-order chi connectivity index (χ1) is 9.67. The zero-order valence-electron chi connectivity index (χ0n) is 11.8. The van der Waals surface area contributed by atoms with Crippen molar-refractivity contribution in [1.29, 1.82) is 0 Å². The lowest BCUT2D eigenvalue weighted by atomic mass is 9.89. The monoisotopic (exact) mass is 293 g/mol. The van der Waals surface area contributed by atoms with E-state index in [4.69, 9.17) is 0 Å². The van der Waals surface area contributed by atoms with Gasteiger partial charge in [-0.15, -0.1) is 0 Å². The minimum absolute atomic E-state index is 0.205. The number of benzene rings is 1. The van der Waals surface area contributed by atoms with E-state index in [1.807, 2.05) is 18.2 Å². The third-order valence-electron chi connectivity index (χ3n) is 4.68. The van der Waals surface area contributed by atoms with Crippen molar-refractivity contribution in [3.05, 3.63) is 29.8 Å². The fourth-order valence-electron chi connectivity index (χ4n) is 3.50. The lowest BCUT2D eigenvalue weighted by Crippen LogP contribution is -2.33. The van der Waals surface area contributed by atoms with E-state index in [0.29, 0.717) is 11.3 Å². The van der Waals surface area contributed by atoms with Crippen LogP contribution in [0.4, 0.5) is 0 Å². The van der Waals surface area contributed by atoms with Crippen molar-refractivity contribution in [1.82, 2.24) is 5.32 Å². The van der Waals surface area contributed by atoms with E-state index in [2.05, 4.69) is 5.32 Å². The van der Waals surface area contributed by atoms with E-state index < -0.39 is 9.84 Å². The Morgan fingerprint density at radius 3 is 2.60 bits per heavy atom. The van der Waals surface area contributed by atoms with Crippen LogP contribution < -0.4 is 5.32 Å². The highest BCUT2D eigenvalue weighted by Crippen LogP contribution is 2.32. The predicted molar refractivity (Wildman–Crippen MR) is 80.4 cm³/mol. The van der Waals surface area contributed by atoms with Crippen molar-refractivity contribution in [2.75, 3.05) is 12.3 Å². The molecule has 0 amide bonds. The zero-order chi connectivity index (χ0) is 14.0. The second-order valence-corrected chi connectivity index (χ2v) is 8.19. The van der Waals surface area contributed by atoms with Gasteiger partial charge in [0.15, 0.2) is 9.84 Å². The summed E-state index contributed by atoms with van der Waals surface area (Å²) in [5.74, 6) is 1.04. The van der Waals surface area contributed by atoms with Gasteiger partial charge in [0.1, 0.15) is 0 Å². The Kier molecular flexibility index (Phi) is 4.13. The van der Waals surface area contributed by atoms with E-state index in [9.17, 15) is 8.42 Å². The molecular formula is C16H23NO2S.